The van der Waals surface area contributed by atoms with Gasteiger partial charge in [-0.15, -0.1) is 0 Å². The second-order valence-corrected chi connectivity index (χ2v) is 7.67. The van der Waals surface area contributed by atoms with E-state index in [1.807, 2.05) is 63.2 Å². The molecule has 148 valence electrons. The third-order valence-corrected chi connectivity index (χ3v) is 5.53. The fourth-order valence-electron chi connectivity index (χ4n) is 4.36. The molecule has 29 heavy (non-hydrogen) atoms. The number of rotatable bonds is 4. The highest BCUT2D eigenvalue weighted by molar-refractivity contribution is 6.17. The van der Waals surface area contributed by atoms with Crippen molar-refractivity contribution in [1.29, 1.82) is 0 Å². The lowest BCUT2D eigenvalue weighted by Crippen LogP contribution is -2.31. The van der Waals surface area contributed by atoms with Crippen molar-refractivity contribution in [3.63, 3.8) is 0 Å². The van der Waals surface area contributed by atoms with Gasteiger partial charge in [0.1, 0.15) is 0 Å². The molecule has 0 fully saturated rings. The van der Waals surface area contributed by atoms with Crippen molar-refractivity contribution in [3.8, 4) is 0 Å². The van der Waals surface area contributed by atoms with E-state index >= 15 is 0 Å². The Balaban J connectivity index is 2.02. The molecular formula is C24H24N2O3. The zero-order chi connectivity index (χ0) is 20.9. The first-order valence-electron chi connectivity index (χ1n) is 9.78. The van der Waals surface area contributed by atoms with Crippen LogP contribution < -0.4 is 4.90 Å². The van der Waals surface area contributed by atoms with Crippen molar-refractivity contribution in [2.75, 3.05) is 4.90 Å². The maximum atomic E-state index is 13.2. The van der Waals surface area contributed by atoms with Gasteiger partial charge in [0.25, 0.3) is 5.91 Å². The highest BCUT2D eigenvalue weighted by Gasteiger charge is 2.45. The number of fused-ring (bicyclic) bond motifs is 1. The number of nitrogens with zero attached hydrogens (tertiary/aromatic N) is 1. The van der Waals surface area contributed by atoms with Gasteiger partial charge in [-0.05, 0) is 50.1 Å². The van der Waals surface area contributed by atoms with E-state index in [1.165, 1.54) is 0 Å². The monoisotopic (exact) mass is 388 g/mol. The molecule has 0 radical (unpaired) electrons. The molecule has 1 aliphatic heterocycles. The molecular weight excluding hydrogens is 364 g/mol. The van der Waals surface area contributed by atoms with Gasteiger partial charge in [-0.1, -0.05) is 31.2 Å². The van der Waals surface area contributed by atoms with Gasteiger partial charge in [-0.2, -0.15) is 0 Å². The van der Waals surface area contributed by atoms with Gasteiger partial charge < -0.3 is 10.1 Å². The summed E-state index contributed by atoms with van der Waals surface area (Å²) in [4.78, 5) is 30.9. The molecule has 1 aliphatic rings. The Morgan fingerprint density at radius 1 is 1.10 bits per heavy atom. The summed E-state index contributed by atoms with van der Waals surface area (Å²) < 4.78 is 0. The molecule has 2 N–H and O–H groups in total. The minimum absolute atomic E-state index is 0.171. The smallest absolute Gasteiger partial charge is 0.294 e. The summed E-state index contributed by atoms with van der Waals surface area (Å²) in [7, 11) is 0. The van der Waals surface area contributed by atoms with E-state index in [1.54, 1.807) is 11.8 Å². The number of aromatic amines is 1. The number of H-pyrrole nitrogens is 1. The molecule has 1 unspecified atom stereocenters. The lowest BCUT2D eigenvalue weighted by atomic mass is 9.92. The number of aliphatic hydroxyl groups excluding tert-OH is 1. The van der Waals surface area contributed by atoms with Crippen LogP contribution in [0.1, 0.15) is 41.8 Å². The summed E-state index contributed by atoms with van der Waals surface area (Å²) in [5, 5.41) is 11.7. The number of aliphatic hydroxyl groups is 1. The first-order valence-corrected chi connectivity index (χ1v) is 9.78. The molecule has 5 heteroatoms. The molecule has 2 heterocycles. The van der Waals surface area contributed by atoms with Crippen LogP contribution in [0.25, 0.3) is 10.9 Å². The van der Waals surface area contributed by atoms with Gasteiger partial charge in [-0.3, -0.25) is 14.5 Å². The number of ketones is 1. The van der Waals surface area contributed by atoms with Gasteiger partial charge in [-0.25, -0.2) is 0 Å². The number of aromatic nitrogens is 1. The normalized spacial score (nSPS) is 16.9. The van der Waals surface area contributed by atoms with E-state index in [-0.39, 0.29) is 17.8 Å². The number of hydrogen-bond donors (Lipinski definition) is 2. The third-order valence-electron chi connectivity index (χ3n) is 5.53. The Bertz CT molecular complexity index is 1170. The summed E-state index contributed by atoms with van der Waals surface area (Å²) in [5.74, 6) is -1.22. The zero-order valence-corrected chi connectivity index (χ0v) is 17.0. The van der Waals surface area contributed by atoms with Crippen LogP contribution in [0.2, 0.25) is 0 Å². The Hall–Kier alpha value is -3.34. The third kappa shape index (κ3) is 2.94. The summed E-state index contributed by atoms with van der Waals surface area (Å²) in [5.41, 5.74) is 5.51. The minimum atomic E-state index is -0.674. The molecule has 3 aromatic rings. The van der Waals surface area contributed by atoms with Gasteiger partial charge in [0.05, 0.1) is 11.6 Å². The number of para-hydroxylation sites is 1. The maximum Gasteiger partial charge on any atom is 0.294 e. The van der Waals surface area contributed by atoms with E-state index in [4.69, 9.17) is 0 Å². The van der Waals surface area contributed by atoms with Crippen LogP contribution in [0.4, 0.5) is 5.69 Å². The van der Waals surface area contributed by atoms with Crippen LogP contribution in [0.3, 0.4) is 0 Å². The van der Waals surface area contributed by atoms with Crippen molar-refractivity contribution in [1.82, 2.24) is 4.98 Å². The molecule has 1 atom stereocenters. The lowest BCUT2D eigenvalue weighted by molar-refractivity contribution is -0.118. The number of hydrogen-bond acceptors (Lipinski definition) is 3. The molecule has 1 amide bonds. The van der Waals surface area contributed by atoms with Crippen molar-refractivity contribution in [3.05, 3.63) is 76.2 Å². The van der Waals surface area contributed by atoms with Crippen molar-refractivity contribution >= 4 is 28.3 Å². The van der Waals surface area contributed by atoms with E-state index in [2.05, 4.69) is 4.98 Å². The molecule has 0 bridgehead atoms. The fraction of sp³-hybridized carbons (Fsp3) is 0.250. The summed E-state index contributed by atoms with van der Waals surface area (Å²) >= 11 is 0. The van der Waals surface area contributed by atoms with Crippen molar-refractivity contribution in [2.45, 2.75) is 40.2 Å². The molecule has 4 rings (SSSR count). The number of carbonyl (C=O) groups is 2. The highest BCUT2D eigenvalue weighted by Crippen LogP contribution is 2.45. The van der Waals surface area contributed by atoms with Gasteiger partial charge in [0.15, 0.2) is 11.5 Å². The van der Waals surface area contributed by atoms with Crippen LogP contribution in [0, 0.1) is 20.8 Å². The van der Waals surface area contributed by atoms with Gasteiger partial charge in [0.2, 0.25) is 0 Å². The van der Waals surface area contributed by atoms with Gasteiger partial charge in [0, 0.05) is 34.3 Å². The van der Waals surface area contributed by atoms with Crippen LogP contribution in [0.15, 0.2) is 53.8 Å². The van der Waals surface area contributed by atoms with Crippen molar-refractivity contribution in [2.24, 2.45) is 0 Å². The Morgan fingerprint density at radius 3 is 2.41 bits per heavy atom. The average molecular weight is 388 g/mol. The predicted octanol–water partition coefficient (Wildman–Crippen LogP) is 4.97. The zero-order valence-electron chi connectivity index (χ0n) is 17.0. The molecule has 0 saturated carbocycles. The standard InChI is InChI=1S/C24H24N2O3/c1-5-19(27)21-22(20-15(4)25-18-9-7-6-8-17(18)20)26(24(29)23(21)28)16-11-13(2)10-14(3)12-16/h6-12,22,25,28H,5H2,1-4H3. The van der Waals surface area contributed by atoms with E-state index in [0.29, 0.717) is 5.69 Å². The number of aryl methyl sites for hydroxylation is 3. The average Bonchev–Trinajstić information content (AvgIpc) is 3.13. The molecule has 0 saturated heterocycles. The van der Waals surface area contributed by atoms with E-state index < -0.39 is 17.7 Å². The molecule has 0 aliphatic carbocycles. The SMILES string of the molecule is CCC(=O)C1=C(O)C(=O)N(c2cc(C)cc(C)c2)C1c1c(C)[nH]c2ccccc12. The fourth-order valence-corrected chi connectivity index (χ4v) is 4.36. The number of amides is 1. The van der Waals surface area contributed by atoms with Gasteiger partial charge >= 0.3 is 0 Å². The second-order valence-electron chi connectivity index (χ2n) is 7.67. The largest absolute Gasteiger partial charge is 0.503 e. The lowest BCUT2D eigenvalue weighted by Gasteiger charge is -2.28. The molecule has 0 spiro atoms. The minimum Gasteiger partial charge on any atom is -0.503 e. The number of carbonyl (C=O) groups excluding carboxylic acids is 2. The van der Waals surface area contributed by atoms with Crippen molar-refractivity contribution < 1.29 is 14.7 Å². The van der Waals surface area contributed by atoms with Crippen LogP contribution in [0.5, 0.6) is 0 Å². The number of Topliss-reactive ketones (excluding diaryl/α,β-unsaturated/α-hetero) is 1. The Kier molecular flexibility index (Phi) is 4.53. The number of benzene rings is 2. The Labute approximate surface area is 169 Å². The topological polar surface area (TPSA) is 73.4 Å². The number of anilines is 1. The summed E-state index contributed by atoms with van der Waals surface area (Å²) in [6.07, 6.45) is 0.214. The summed E-state index contributed by atoms with van der Waals surface area (Å²) in [6, 6.07) is 13.0. The van der Waals surface area contributed by atoms with Crippen LogP contribution >= 0.6 is 0 Å². The predicted molar refractivity (Wildman–Crippen MR) is 114 cm³/mol. The van der Waals surface area contributed by atoms with Crippen LogP contribution in [-0.4, -0.2) is 21.8 Å². The second kappa shape index (κ2) is 6.92. The molecule has 5 nitrogen and oxygen atoms in total. The quantitative estimate of drug-likeness (QED) is 0.662. The summed E-state index contributed by atoms with van der Waals surface area (Å²) in [6.45, 7) is 7.61. The maximum absolute atomic E-state index is 13.2. The van der Waals surface area contributed by atoms with Crippen LogP contribution in [-0.2, 0) is 9.59 Å². The van der Waals surface area contributed by atoms with E-state index in [0.717, 1.165) is 33.3 Å². The number of nitrogens with one attached hydrogen (secondary N) is 1. The molecule has 2 aromatic carbocycles. The first-order chi connectivity index (χ1) is 13.8. The Morgan fingerprint density at radius 2 is 1.76 bits per heavy atom. The highest BCUT2D eigenvalue weighted by atomic mass is 16.3. The van der Waals surface area contributed by atoms with E-state index in [9.17, 15) is 14.7 Å². The molecule has 1 aromatic heterocycles. The first kappa shape index (κ1) is 19.0.